The van der Waals surface area contributed by atoms with Crippen molar-refractivity contribution >= 4 is 27.3 Å². The number of likely N-dealkylation sites (N-methyl/N-ethyl adjacent to an activating group) is 1. The first-order valence-corrected chi connectivity index (χ1v) is 9.79. The fourth-order valence-electron chi connectivity index (χ4n) is 3.31. The predicted octanol–water partition coefficient (Wildman–Crippen LogP) is 1.29. The van der Waals surface area contributed by atoms with E-state index in [1.807, 2.05) is 12.1 Å². The maximum absolute atomic E-state index is 12.4. The van der Waals surface area contributed by atoms with Crippen molar-refractivity contribution in [2.24, 2.45) is 5.92 Å². The van der Waals surface area contributed by atoms with Crippen LogP contribution in [0.1, 0.15) is 18.4 Å². The first-order chi connectivity index (χ1) is 10.8. The third-order valence-electron chi connectivity index (χ3n) is 4.77. The maximum Gasteiger partial charge on any atom is 0.227 e. The van der Waals surface area contributed by atoms with Crippen molar-refractivity contribution in [2.75, 3.05) is 43.2 Å². The molecule has 2 aliphatic heterocycles. The third kappa shape index (κ3) is 3.50. The number of benzene rings is 1. The molecular formula is C16H23N3O3S. The van der Waals surface area contributed by atoms with Gasteiger partial charge in [-0.3, -0.25) is 4.79 Å². The highest BCUT2D eigenvalue weighted by Gasteiger charge is 2.29. The Balaban J connectivity index is 1.61. The summed E-state index contributed by atoms with van der Waals surface area (Å²) in [6, 6.07) is 6.04. The Morgan fingerprint density at radius 3 is 2.57 bits per heavy atom. The van der Waals surface area contributed by atoms with Crippen LogP contribution in [0.4, 0.5) is 11.4 Å². The highest BCUT2D eigenvalue weighted by molar-refractivity contribution is 7.88. The van der Waals surface area contributed by atoms with Crippen LogP contribution in [0.25, 0.3) is 0 Å². The predicted molar refractivity (Wildman–Crippen MR) is 91.2 cm³/mol. The second-order valence-electron chi connectivity index (χ2n) is 6.44. The van der Waals surface area contributed by atoms with Gasteiger partial charge in [-0.15, -0.1) is 0 Å². The van der Waals surface area contributed by atoms with E-state index in [0.29, 0.717) is 25.9 Å². The molecule has 0 saturated carbocycles. The summed E-state index contributed by atoms with van der Waals surface area (Å²) in [5, 5.41) is 2.98. The summed E-state index contributed by atoms with van der Waals surface area (Å²) in [5.41, 5.74) is 3.30. The monoisotopic (exact) mass is 337 g/mol. The van der Waals surface area contributed by atoms with Gasteiger partial charge in [-0.05, 0) is 37.0 Å². The molecule has 2 aliphatic rings. The molecule has 1 aromatic rings. The van der Waals surface area contributed by atoms with E-state index >= 15 is 0 Å². The zero-order valence-corrected chi connectivity index (χ0v) is 14.4. The minimum Gasteiger partial charge on any atom is -0.374 e. The molecule has 1 saturated heterocycles. The Labute approximate surface area is 137 Å². The Morgan fingerprint density at radius 2 is 1.91 bits per heavy atom. The summed E-state index contributed by atoms with van der Waals surface area (Å²) >= 11 is 0. The summed E-state index contributed by atoms with van der Waals surface area (Å²) in [4.78, 5) is 14.6. The van der Waals surface area contributed by atoms with Crippen LogP contribution in [0.15, 0.2) is 18.2 Å². The average molecular weight is 337 g/mol. The zero-order chi connectivity index (χ0) is 16.6. The van der Waals surface area contributed by atoms with Crippen LogP contribution >= 0.6 is 0 Å². The summed E-state index contributed by atoms with van der Waals surface area (Å²) in [6.45, 7) is 1.85. The lowest BCUT2D eigenvalue weighted by Crippen LogP contribution is -2.40. The molecule has 23 heavy (non-hydrogen) atoms. The fourth-order valence-corrected chi connectivity index (χ4v) is 4.19. The van der Waals surface area contributed by atoms with Crippen molar-refractivity contribution in [3.63, 3.8) is 0 Å². The van der Waals surface area contributed by atoms with Crippen molar-refractivity contribution in [1.82, 2.24) is 4.31 Å². The highest BCUT2D eigenvalue weighted by Crippen LogP contribution is 2.30. The SMILES string of the molecule is CN1CCc2ccc(NC(=O)C3CCN(S(C)(=O)=O)CC3)cc21. The number of rotatable bonds is 3. The molecule has 0 radical (unpaired) electrons. The van der Waals surface area contributed by atoms with E-state index in [4.69, 9.17) is 0 Å². The molecule has 0 atom stereocenters. The van der Waals surface area contributed by atoms with Gasteiger partial charge < -0.3 is 10.2 Å². The van der Waals surface area contributed by atoms with E-state index in [9.17, 15) is 13.2 Å². The van der Waals surface area contributed by atoms with Crippen molar-refractivity contribution in [3.05, 3.63) is 23.8 Å². The van der Waals surface area contributed by atoms with Crippen LogP contribution in [0.5, 0.6) is 0 Å². The largest absolute Gasteiger partial charge is 0.374 e. The number of fused-ring (bicyclic) bond motifs is 1. The molecule has 1 N–H and O–H groups in total. The van der Waals surface area contributed by atoms with Crippen LogP contribution in [0.2, 0.25) is 0 Å². The quantitative estimate of drug-likeness (QED) is 0.902. The third-order valence-corrected chi connectivity index (χ3v) is 6.08. The standard InChI is InChI=1S/C16H23N3O3S/c1-18-8-5-12-3-4-14(11-15(12)18)17-16(20)13-6-9-19(10-7-13)23(2,21)22/h3-4,11,13H,5-10H2,1-2H3,(H,17,20). The lowest BCUT2D eigenvalue weighted by Gasteiger charge is -2.29. The van der Waals surface area contributed by atoms with Crippen molar-refractivity contribution in [2.45, 2.75) is 19.3 Å². The van der Waals surface area contributed by atoms with Crippen LogP contribution in [-0.4, -0.2) is 51.6 Å². The average Bonchev–Trinajstić information content (AvgIpc) is 2.88. The number of amides is 1. The summed E-state index contributed by atoms with van der Waals surface area (Å²) in [7, 11) is -1.10. The molecule has 1 amide bonds. The van der Waals surface area contributed by atoms with Crippen LogP contribution in [-0.2, 0) is 21.2 Å². The molecule has 126 valence electrons. The summed E-state index contributed by atoms with van der Waals surface area (Å²) in [6.07, 6.45) is 3.41. The Hall–Kier alpha value is -1.60. The zero-order valence-electron chi connectivity index (χ0n) is 13.6. The normalized spacial score (nSPS) is 19.7. The number of carbonyl (C=O) groups is 1. The Kier molecular flexibility index (Phi) is 4.33. The smallest absolute Gasteiger partial charge is 0.227 e. The van der Waals surface area contributed by atoms with Gasteiger partial charge in [-0.25, -0.2) is 12.7 Å². The number of sulfonamides is 1. The van der Waals surface area contributed by atoms with Crippen LogP contribution in [0.3, 0.4) is 0 Å². The lowest BCUT2D eigenvalue weighted by atomic mass is 9.97. The number of anilines is 2. The van der Waals surface area contributed by atoms with E-state index in [2.05, 4.69) is 23.3 Å². The Bertz CT molecular complexity index is 709. The van der Waals surface area contributed by atoms with E-state index in [0.717, 1.165) is 18.7 Å². The molecule has 6 nitrogen and oxygen atoms in total. The number of hydrogen-bond acceptors (Lipinski definition) is 4. The van der Waals surface area contributed by atoms with Gasteiger partial charge in [0.1, 0.15) is 0 Å². The van der Waals surface area contributed by atoms with Crippen molar-refractivity contribution in [3.8, 4) is 0 Å². The topological polar surface area (TPSA) is 69.7 Å². The van der Waals surface area contributed by atoms with Gasteiger partial charge in [-0.2, -0.15) is 0 Å². The molecule has 1 fully saturated rings. The molecular weight excluding hydrogens is 314 g/mol. The second-order valence-corrected chi connectivity index (χ2v) is 8.42. The minimum atomic E-state index is -3.15. The molecule has 2 heterocycles. The molecule has 0 aliphatic carbocycles. The van der Waals surface area contributed by atoms with Gasteiger partial charge in [0.2, 0.25) is 15.9 Å². The molecule has 0 aromatic heterocycles. The molecule has 0 unspecified atom stereocenters. The first kappa shape index (κ1) is 16.3. The summed E-state index contributed by atoms with van der Waals surface area (Å²) < 4.78 is 24.5. The van der Waals surface area contributed by atoms with Gasteiger partial charge in [0, 0.05) is 44.0 Å². The van der Waals surface area contributed by atoms with E-state index in [1.54, 1.807) is 0 Å². The van der Waals surface area contributed by atoms with E-state index in [-0.39, 0.29) is 11.8 Å². The van der Waals surface area contributed by atoms with Gasteiger partial charge in [0.15, 0.2) is 0 Å². The van der Waals surface area contributed by atoms with Crippen LogP contribution in [0, 0.1) is 5.92 Å². The number of carbonyl (C=O) groups excluding carboxylic acids is 1. The lowest BCUT2D eigenvalue weighted by molar-refractivity contribution is -0.120. The van der Waals surface area contributed by atoms with Crippen LogP contribution < -0.4 is 10.2 Å². The minimum absolute atomic E-state index is 0.0150. The van der Waals surface area contributed by atoms with Gasteiger partial charge >= 0.3 is 0 Å². The number of piperidine rings is 1. The molecule has 1 aromatic carbocycles. The number of hydrogen-bond donors (Lipinski definition) is 1. The number of nitrogens with one attached hydrogen (secondary N) is 1. The van der Waals surface area contributed by atoms with Gasteiger partial charge in [0.05, 0.1) is 6.26 Å². The van der Waals surface area contributed by atoms with E-state index < -0.39 is 10.0 Å². The molecule has 7 heteroatoms. The second kappa shape index (κ2) is 6.13. The molecule has 0 bridgehead atoms. The fraction of sp³-hybridized carbons (Fsp3) is 0.562. The summed E-state index contributed by atoms with van der Waals surface area (Å²) in [5.74, 6) is -0.141. The van der Waals surface area contributed by atoms with Crippen molar-refractivity contribution in [1.29, 1.82) is 0 Å². The van der Waals surface area contributed by atoms with Crippen molar-refractivity contribution < 1.29 is 13.2 Å². The molecule has 0 spiro atoms. The maximum atomic E-state index is 12.4. The van der Waals surface area contributed by atoms with Gasteiger partial charge in [0.25, 0.3) is 0 Å². The number of nitrogens with zero attached hydrogens (tertiary/aromatic N) is 2. The van der Waals surface area contributed by atoms with Gasteiger partial charge in [-0.1, -0.05) is 6.07 Å². The van der Waals surface area contributed by atoms with E-state index in [1.165, 1.54) is 21.8 Å². The highest BCUT2D eigenvalue weighted by atomic mass is 32.2. The Morgan fingerprint density at radius 1 is 1.22 bits per heavy atom. The molecule has 3 rings (SSSR count). The first-order valence-electron chi connectivity index (χ1n) is 7.94.